The molecule has 0 unspecified atom stereocenters. The van der Waals surface area contributed by atoms with Gasteiger partial charge < -0.3 is 15.4 Å². The quantitative estimate of drug-likeness (QED) is 0.688. The van der Waals surface area contributed by atoms with Crippen molar-refractivity contribution in [2.45, 2.75) is 38.1 Å². The van der Waals surface area contributed by atoms with E-state index in [1.165, 1.54) is 29.5 Å². The molecule has 0 atom stereocenters. The normalized spacial score (nSPS) is 19.7. The van der Waals surface area contributed by atoms with Crippen LogP contribution in [0.3, 0.4) is 0 Å². The fourth-order valence-electron chi connectivity index (χ4n) is 4.49. The van der Waals surface area contributed by atoms with E-state index in [2.05, 4.69) is 14.6 Å². The third-order valence-corrected chi connectivity index (χ3v) is 6.91. The molecule has 3 heterocycles. The summed E-state index contributed by atoms with van der Waals surface area (Å²) in [6.07, 6.45) is 1.36. The Labute approximate surface area is 169 Å². The molecule has 2 fully saturated rings. The lowest BCUT2D eigenvalue weighted by Crippen LogP contribution is -2.52. The maximum absolute atomic E-state index is 12.5. The molecule has 5 rings (SSSR count). The van der Waals surface area contributed by atoms with Gasteiger partial charge in [-0.25, -0.2) is 9.50 Å². The van der Waals surface area contributed by atoms with Crippen molar-refractivity contribution in [2.75, 3.05) is 18.0 Å². The van der Waals surface area contributed by atoms with Gasteiger partial charge in [0.25, 0.3) is 0 Å². The molecular weight excluding hydrogens is 403 g/mol. The number of fused-ring (bicyclic) bond motifs is 1. The van der Waals surface area contributed by atoms with Crippen LogP contribution in [0.25, 0.3) is 16.2 Å². The van der Waals surface area contributed by atoms with Gasteiger partial charge in [0.1, 0.15) is 5.75 Å². The topological polar surface area (TPSA) is 68.7 Å². The van der Waals surface area contributed by atoms with Crippen molar-refractivity contribution in [3.8, 4) is 17.0 Å². The summed E-state index contributed by atoms with van der Waals surface area (Å²) in [5.41, 5.74) is 7.59. The Morgan fingerprint density at radius 3 is 2.66 bits per heavy atom. The highest BCUT2D eigenvalue weighted by molar-refractivity contribution is 7.20. The van der Waals surface area contributed by atoms with Crippen molar-refractivity contribution in [3.63, 3.8) is 0 Å². The minimum atomic E-state index is -4.73. The molecule has 1 aliphatic carbocycles. The Bertz CT molecular complexity index is 1030. The number of anilines is 1. The highest BCUT2D eigenvalue weighted by Gasteiger charge is 2.44. The maximum Gasteiger partial charge on any atom is 0.573 e. The van der Waals surface area contributed by atoms with E-state index in [0.717, 1.165) is 43.9 Å². The summed E-state index contributed by atoms with van der Waals surface area (Å²) in [6.45, 7) is 1.88. The van der Waals surface area contributed by atoms with Crippen molar-refractivity contribution in [1.82, 2.24) is 14.6 Å². The van der Waals surface area contributed by atoms with Crippen molar-refractivity contribution in [1.29, 1.82) is 0 Å². The fraction of sp³-hybridized carbons (Fsp3) is 0.474. The van der Waals surface area contributed by atoms with Gasteiger partial charge in [0.15, 0.2) is 0 Å². The van der Waals surface area contributed by atoms with E-state index in [9.17, 15) is 13.2 Å². The van der Waals surface area contributed by atoms with Crippen LogP contribution in [-0.4, -0.2) is 40.1 Å². The molecule has 10 heteroatoms. The zero-order valence-corrected chi connectivity index (χ0v) is 16.3. The fourth-order valence-corrected chi connectivity index (χ4v) is 5.42. The van der Waals surface area contributed by atoms with Crippen molar-refractivity contribution >= 4 is 21.4 Å². The first-order valence-electron chi connectivity index (χ1n) is 9.52. The summed E-state index contributed by atoms with van der Waals surface area (Å²) >= 11 is 1.49. The molecule has 3 aromatic rings. The summed E-state index contributed by atoms with van der Waals surface area (Å²) in [4.78, 5) is 7.37. The first-order chi connectivity index (χ1) is 13.8. The van der Waals surface area contributed by atoms with Crippen LogP contribution < -0.4 is 15.4 Å². The molecule has 154 valence electrons. The molecule has 6 nitrogen and oxygen atoms in total. The molecule has 1 saturated heterocycles. The van der Waals surface area contributed by atoms with E-state index in [4.69, 9.17) is 10.8 Å². The summed E-state index contributed by atoms with van der Waals surface area (Å²) in [5, 5.41) is 5.58. The summed E-state index contributed by atoms with van der Waals surface area (Å²) in [7, 11) is 0. The molecule has 1 aliphatic heterocycles. The minimum Gasteiger partial charge on any atom is -0.406 e. The number of alkyl halides is 3. The lowest BCUT2D eigenvalue weighted by Gasteiger charge is -2.51. The van der Waals surface area contributed by atoms with Gasteiger partial charge in [0, 0.05) is 24.7 Å². The molecule has 0 radical (unpaired) electrons. The van der Waals surface area contributed by atoms with Crippen molar-refractivity contribution in [3.05, 3.63) is 30.5 Å². The average Bonchev–Trinajstić information content (AvgIpc) is 3.20. The van der Waals surface area contributed by atoms with Crippen molar-refractivity contribution < 1.29 is 17.9 Å². The minimum absolute atomic E-state index is 0.263. The van der Waals surface area contributed by atoms with Crippen LogP contribution in [0.15, 0.2) is 30.5 Å². The number of nitrogens with two attached hydrogens (primary N) is 1. The van der Waals surface area contributed by atoms with Crippen LogP contribution in [0.5, 0.6) is 5.75 Å². The second kappa shape index (κ2) is 6.60. The number of benzene rings is 1. The lowest BCUT2D eigenvalue weighted by atomic mass is 9.61. The van der Waals surface area contributed by atoms with E-state index in [1.807, 2.05) is 0 Å². The monoisotopic (exact) mass is 423 g/mol. The number of ether oxygens (including phenoxy) is 1. The Morgan fingerprint density at radius 2 is 1.97 bits per heavy atom. The Kier molecular flexibility index (Phi) is 4.25. The molecule has 1 aromatic carbocycles. The van der Waals surface area contributed by atoms with Crippen LogP contribution >= 0.6 is 11.3 Å². The van der Waals surface area contributed by atoms with Gasteiger partial charge in [-0.1, -0.05) is 23.5 Å². The standard InChI is InChI=1S/C19H20F3N5OS/c20-19(21,22)28-14-3-1-2-12(8-14)15-11-24-16-27(15)25-17(29-16)26-6-4-18(5-7-26)9-13(23)10-18/h1-3,8,11,13H,4-7,9-10,23H2. The molecule has 0 bridgehead atoms. The van der Waals surface area contributed by atoms with Gasteiger partial charge in [0.2, 0.25) is 10.1 Å². The molecule has 2 aliphatic rings. The highest BCUT2D eigenvalue weighted by Crippen LogP contribution is 2.49. The third-order valence-electron chi connectivity index (χ3n) is 5.92. The molecular formula is C19H20F3N5OS. The van der Waals surface area contributed by atoms with Crippen LogP contribution in [0.2, 0.25) is 0 Å². The SMILES string of the molecule is NC1CC2(CCN(c3nn4c(-c5cccc(OC(F)(F)F)c5)cnc4s3)CC2)C1. The largest absolute Gasteiger partial charge is 0.573 e. The second-order valence-electron chi connectivity index (χ2n) is 7.95. The van der Waals surface area contributed by atoms with Gasteiger partial charge in [-0.15, -0.1) is 18.3 Å². The molecule has 2 N–H and O–H groups in total. The summed E-state index contributed by atoms with van der Waals surface area (Å²) in [5.74, 6) is -0.263. The smallest absolute Gasteiger partial charge is 0.406 e. The zero-order chi connectivity index (χ0) is 20.2. The number of piperidine rings is 1. The van der Waals surface area contributed by atoms with Gasteiger partial charge in [-0.2, -0.15) is 0 Å². The third kappa shape index (κ3) is 3.55. The number of aromatic nitrogens is 3. The first-order valence-corrected chi connectivity index (χ1v) is 10.3. The number of hydrogen-bond acceptors (Lipinski definition) is 6. The first kappa shape index (κ1) is 18.7. The molecule has 0 amide bonds. The number of hydrogen-bond donors (Lipinski definition) is 1. The van der Waals surface area contributed by atoms with E-state index >= 15 is 0 Å². The molecule has 1 saturated carbocycles. The second-order valence-corrected chi connectivity index (χ2v) is 8.89. The van der Waals surface area contributed by atoms with E-state index in [0.29, 0.717) is 27.7 Å². The number of rotatable bonds is 3. The van der Waals surface area contributed by atoms with Crippen LogP contribution in [0.4, 0.5) is 18.3 Å². The Morgan fingerprint density at radius 1 is 1.21 bits per heavy atom. The Balaban J connectivity index is 1.38. The van der Waals surface area contributed by atoms with Crippen LogP contribution in [0.1, 0.15) is 25.7 Å². The van der Waals surface area contributed by atoms with E-state index in [-0.39, 0.29) is 5.75 Å². The van der Waals surface area contributed by atoms with Crippen LogP contribution in [0, 0.1) is 5.41 Å². The van der Waals surface area contributed by atoms with Crippen LogP contribution in [-0.2, 0) is 0 Å². The number of imidazole rings is 1. The van der Waals surface area contributed by atoms with Gasteiger partial charge in [-0.3, -0.25) is 0 Å². The van der Waals surface area contributed by atoms with Crippen molar-refractivity contribution in [2.24, 2.45) is 11.1 Å². The maximum atomic E-state index is 12.5. The molecule has 1 spiro atoms. The van der Waals surface area contributed by atoms with E-state index < -0.39 is 6.36 Å². The predicted octanol–water partition coefficient (Wildman–Crippen LogP) is 4.06. The summed E-state index contributed by atoms with van der Waals surface area (Å²) < 4.78 is 43.3. The predicted molar refractivity (Wildman–Crippen MR) is 104 cm³/mol. The van der Waals surface area contributed by atoms with Gasteiger partial charge in [-0.05, 0) is 43.2 Å². The Hall–Kier alpha value is -2.33. The lowest BCUT2D eigenvalue weighted by molar-refractivity contribution is -0.274. The number of halogens is 3. The van der Waals surface area contributed by atoms with Gasteiger partial charge >= 0.3 is 6.36 Å². The zero-order valence-electron chi connectivity index (χ0n) is 15.5. The average molecular weight is 423 g/mol. The summed E-state index contributed by atoms with van der Waals surface area (Å²) in [6, 6.07) is 6.22. The molecule has 29 heavy (non-hydrogen) atoms. The van der Waals surface area contributed by atoms with Gasteiger partial charge in [0.05, 0.1) is 11.9 Å². The van der Waals surface area contributed by atoms with E-state index in [1.54, 1.807) is 16.8 Å². The number of nitrogens with zero attached hydrogens (tertiary/aromatic N) is 4. The molecule has 2 aromatic heterocycles. The highest BCUT2D eigenvalue weighted by atomic mass is 32.1.